The Kier molecular flexibility index (Phi) is 1.95. The second-order valence-electron chi connectivity index (χ2n) is 2.08. The molecule has 0 aliphatic rings. The van der Waals surface area contributed by atoms with Crippen LogP contribution in [-0.2, 0) is 10.2 Å². The first-order chi connectivity index (χ1) is 5.00. The van der Waals surface area contributed by atoms with Crippen LogP contribution in [0.2, 0.25) is 0 Å². The minimum absolute atomic E-state index is 0.329. The molecule has 1 rings (SSSR count). The van der Waals surface area contributed by atoms with Gasteiger partial charge >= 0.3 is 10.2 Å². The molecule has 0 N–H and O–H groups in total. The van der Waals surface area contributed by atoms with Gasteiger partial charge in [0.2, 0.25) is 0 Å². The lowest BCUT2D eigenvalue weighted by Crippen LogP contribution is -1.90. The zero-order chi connectivity index (χ0) is 8.48. The van der Waals surface area contributed by atoms with Gasteiger partial charge < -0.3 is 0 Å². The molecule has 59 valence electrons. The first-order valence-electron chi connectivity index (χ1n) is 2.87. The largest absolute Gasteiger partial charge is 0.332 e. The molecular weight excluding hydrogens is 167 g/mol. The highest BCUT2D eigenvalue weighted by Crippen LogP contribution is 2.11. The highest BCUT2D eigenvalue weighted by Gasteiger charge is 2.09. The average Bonchev–Trinajstić information content (AvgIpc) is 1.86. The van der Waals surface area contributed by atoms with Crippen molar-refractivity contribution in [2.75, 3.05) is 0 Å². The maximum Gasteiger partial charge on any atom is 0.332 e. The van der Waals surface area contributed by atoms with Crippen molar-refractivity contribution >= 4 is 10.2 Å². The molecule has 0 unspecified atom stereocenters. The second-order valence-corrected chi connectivity index (χ2v) is 3.43. The summed E-state index contributed by atoms with van der Waals surface area (Å²) in [6, 6.07) is 5.23. The first-order valence-corrected chi connectivity index (χ1v) is 4.25. The fourth-order valence-corrected chi connectivity index (χ4v) is 1.11. The predicted molar refractivity (Wildman–Crippen MR) is 39.2 cm³/mol. The number of hydrogen-bond acceptors (Lipinski definition) is 2. The summed E-state index contributed by atoms with van der Waals surface area (Å²) < 4.78 is 32.7. The molecule has 0 amide bonds. The van der Waals surface area contributed by atoms with Crippen LogP contribution in [0.15, 0.2) is 29.2 Å². The molecule has 0 bridgehead atoms. The first kappa shape index (κ1) is 8.20. The van der Waals surface area contributed by atoms with Gasteiger partial charge in [-0.05, 0) is 24.6 Å². The van der Waals surface area contributed by atoms with Crippen molar-refractivity contribution in [3.05, 3.63) is 36.8 Å². The topological polar surface area (TPSA) is 34.1 Å². The number of hydrogen-bond donors (Lipinski definition) is 0. The predicted octanol–water partition coefficient (Wildman–Crippen LogP) is 1.53. The Hall–Kier alpha value is -0.900. The maximum absolute atomic E-state index is 12.2. The molecule has 4 heteroatoms. The van der Waals surface area contributed by atoms with Crippen molar-refractivity contribution in [1.82, 2.24) is 0 Å². The third kappa shape index (κ3) is 2.01. The molecule has 1 radical (unpaired) electrons. The molecule has 1 aromatic rings. The van der Waals surface area contributed by atoms with Crippen molar-refractivity contribution in [3.8, 4) is 0 Å². The monoisotopic (exact) mass is 173 g/mol. The van der Waals surface area contributed by atoms with Gasteiger partial charge in [-0.1, -0.05) is 12.1 Å². The highest BCUT2D eigenvalue weighted by atomic mass is 32.3. The Labute approximate surface area is 64.9 Å². The van der Waals surface area contributed by atoms with Crippen molar-refractivity contribution in [3.63, 3.8) is 0 Å². The number of halogens is 1. The standard InChI is InChI=1S/C7H6FO2S/c1-6-2-4-7(5-3-6)11(8,9)10/h2-5H,1H2. The summed E-state index contributed by atoms with van der Waals surface area (Å²) in [5.41, 5.74) is 0.650. The molecule has 0 spiro atoms. The molecule has 1 aromatic carbocycles. The summed E-state index contributed by atoms with van der Waals surface area (Å²) in [7, 11) is -4.55. The fourth-order valence-electron chi connectivity index (χ4n) is 0.652. The van der Waals surface area contributed by atoms with Crippen LogP contribution in [0.5, 0.6) is 0 Å². The lowest BCUT2D eigenvalue weighted by molar-refractivity contribution is 0.552. The molecular formula is C7H6FO2S. The van der Waals surface area contributed by atoms with E-state index in [1.54, 1.807) is 0 Å². The van der Waals surface area contributed by atoms with Crippen molar-refractivity contribution in [2.24, 2.45) is 0 Å². The minimum Gasteiger partial charge on any atom is -0.189 e. The van der Waals surface area contributed by atoms with Gasteiger partial charge in [-0.3, -0.25) is 0 Å². The summed E-state index contributed by atoms with van der Waals surface area (Å²) in [5.74, 6) is 0. The maximum atomic E-state index is 12.2. The lowest BCUT2D eigenvalue weighted by Gasteiger charge is -1.93. The Morgan fingerprint density at radius 1 is 1.18 bits per heavy atom. The molecule has 0 aliphatic heterocycles. The van der Waals surface area contributed by atoms with Crippen LogP contribution in [-0.4, -0.2) is 8.42 Å². The van der Waals surface area contributed by atoms with Gasteiger partial charge in [0, 0.05) is 0 Å². The van der Waals surface area contributed by atoms with E-state index in [0.29, 0.717) is 5.56 Å². The zero-order valence-electron chi connectivity index (χ0n) is 5.62. The van der Waals surface area contributed by atoms with Gasteiger partial charge in [0.25, 0.3) is 0 Å². The highest BCUT2D eigenvalue weighted by molar-refractivity contribution is 7.86. The Morgan fingerprint density at radius 2 is 1.64 bits per heavy atom. The fraction of sp³-hybridized carbons (Fsp3) is 0. The molecule has 0 saturated heterocycles. The molecule has 0 aromatic heterocycles. The molecule has 0 aliphatic carbocycles. The van der Waals surface area contributed by atoms with Gasteiger partial charge in [-0.2, -0.15) is 8.42 Å². The minimum atomic E-state index is -4.55. The Bertz CT molecular complexity index is 339. The Balaban J connectivity index is 3.20. The quantitative estimate of drug-likeness (QED) is 0.603. The van der Waals surface area contributed by atoms with Crippen molar-refractivity contribution < 1.29 is 12.3 Å². The van der Waals surface area contributed by atoms with E-state index < -0.39 is 10.2 Å². The molecule has 0 fully saturated rings. The smallest absolute Gasteiger partial charge is 0.189 e. The summed E-state index contributed by atoms with van der Waals surface area (Å²) >= 11 is 0. The van der Waals surface area contributed by atoms with E-state index >= 15 is 0 Å². The van der Waals surface area contributed by atoms with Crippen LogP contribution in [0.1, 0.15) is 5.56 Å². The molecule has 0 saturated carbocycles. The van der Waals surface area contributed by atoms with Gasteiger partial charge in [-0.25, -0.2) is 0 Å². The normalized spacial score (nSPS) is 11.5. The lowest BCUT2D eigenvalue weighted by atomic mass is 10.2. The third-order valence-corrected chi connectivity index (χ3v) is 2.04. The summed E-state index contributed by atoms with van der Waals surface area (Å²) in [6.45, 7) is 3.53. The van der Waals surface area contributed by atoms with Crippen molar-refractivity contribution in [2.45, 2.75) is 4.90 Å². The molecule has 0 heterocycles. The summed E-state index contributed by atoms with van der Waals surface area (Å²) in [4.78, 5) is -0.329. The van der Waals surface area contributed by atoms with Crippen LogP contribution in [0.3, 0.4) is 0 Å². The van der Waals surface area contributed by atoms with Gasteiger partial charge in [-0.15, -0.1) is 3.89 Å². The van der Waals surface area contributed by atoms with E-state index in [-0.39, 0.29) is 4.90 Å². The van der Waals surface area contributed by atoms with E-state index in [1.807, 2.05) is 0 Å². The van der Waals surface area contributed by atoms with E-state index in [1.165, 1.54) is 24.3 Å². The van der Waals surface area contributed by atoms with Gasteiger partial charge in [0.1, 0.15) is 0 Å². The molecule has 2 nitrogen and oxygen atoms in total. The van der Waals surface area contributed by atoms with Gasteiger partial charge in [0.15, 0.2) is 0 Å². The van der Waals surface area contributed by atoms with E-state index in [4.69, 9.17) is 0 Å². The molecule has 11 heavy (non-hydrogen) atoms. The van der Waals surface area contributed by atoms with Crippen LogP contribution in [0.25, 0.3) is 0 Å². The van der Waals surface area contributed by atoms with E-state index in [9.17, 15) is 12.3 Å². The Morgan fingerprint density at radius 3 is 2.00 bits per heavy atom. The third-order valence-electron chi connectivity index (χ3n) is 1.20. The number of rotatable bonds is 1. The van der Waals surface area contributed by atoms with Gasteiger partial charge in [0.05, 0.1) is 4.90 Å². The van der Waals surface area contributed by atoms with E-state index in [0.717, 1.165) is 0 Å². The SMILES string of the molecule is [CH2]c1ccc(S(=O)(=O)F)cc1. The van der Waals surface area contributed by atoms with Crippen LogP contribution < -0.4 is 0 Å². The van der Waals surface area contributed by atoms with Crippen LogP contribution in [0, 0.1) is 6.92 Å². The number of benzene rings is 1. The zero-order valence-corrected chi connectivity index (χ0v) is 6.44. The van der Waals surface area contributed by atoms with Crippen LogP contribution >= 0.6 is 0 Å². The second kappa shape index (κ2) is 2.62. The summed E-state index contributed by atoms with van der Waals surface area (Å²) in [5, 5.41) is 0. The van der Waals surface area contributed by atoms with E-state index in [2.05, 4.69) is 6.92 Å². The molecule has 0 atom stereocenters. The summed E-state index contributed by atoms with van der Waals surface area (Å²) in [6.07, 6.45) is 0. The van der Waals surface area contributed by atoms with Crippen LogP contribution in [0.4, 0.5) is 3.89 Å². The van der Waals surface area contributed by atoms with Crippen molar-refractivity contribution in [1.29, 1.82) is 0 Å². The average molecular weight is 173 g/mol.